The van der Waals surface area contributed by atoms with Crippen LogP contribution in [0.4, 0.5) is 17.2 Å². The molecule has 6 N–H and O–H groups in total. The summed E-state index contributed by atoms with van der Waals surface area (Å²) >= 11 is 1.37. The molecule has 3 aromatic rings. The predicted molar refractivity (Wildman–Crippen MR) is 127 cm³/mol. The standard InChI is InChI=1S/C22H25N7O2S/c1-25-22(21(24)31)8-10-29(11-9-22)17-5-3-2-4-15(17)27-19(30)16-13-32-20(28-16)14-6-7-18(23)26-12-14/h2-7,12-13,25H,8-11H2,1H3,(H2,23,26)(H2,24,31)(H,27,30). The molecule has 0 aliphatic carbocycles. The molecule has 166 valence electrons. The van der Waals surface area contributed by atoms with Gasteiger partial charge >= 0.3 is 0 Å². The Balaban J connectivity index is 1.49. The van der Waals surface area contributed by atoms with Gasteiger partial charge < -0.3 is 27.0 Å². The molecular formula is C22H25N7O2S. The van der Waals surface area contributed by atoms with Gasteiger partial charge in [-0.3, -0.25) is 9.59 Å². The third kappa shape index (κ3) is 4.27. The first kappa shape index (κ1) is 21.7. The van der Waals surface area contributed by atoms with Crippen LogP contribution in [0.2, 0.25) is 0 Å². The van der Waals surface area contributed by atoms with E-state index < -0.39 is 5.54 Å². The van der Waals surface area contributed by atoms with Crippen LogP contribution in [0.5, 0.6) is 0 Å². The van der Waals surface area contributed by atoms with Gasteiger partial charge in [0, 0.05) is 30.2 Å². The normalized spacial score (nSPS) is 15.3. The number of likely N-dealkylation sites (N-methyl/N-ethyl adjacent to an activating group) is 1. The van der Waals surface area contributed by atoms with Crippen LogP contribution in [-0.4, -0.2) is 47.5 Å². The number of aromatic nitrogens is 2. The Kier molecular flexibility index (Phi) is 6.06. The van der Waals surface area contributed by atoms with E-state index in [-0.39, 0.29) is 11.8 Å². The summed E-state index contributed by atoms with van der Waals surface area (Å²) in [6.07, 6.45) is 2.82. The molecule has 1 saturated heterocycles. The predicted octanol–water partition coefficient (Wildman–Crippen LogP) is 2.08. The number of carbonyl (C=O) groups is 2. The van der Waals surface area contributed by atoms with E-state index in [9.17, 15) is 9.59 Å². The van der Waals surface area contributed by atoms with Gasteiger partial charge in [0.25, 0.3) is 5.91 Å². The summed E-state index contributed by atoms with van der Waals surface area (Å²) in [6.45, 7) is 1.28. The maximum atomic E-state index is 12.9. The Morgan fingerprint density at radius 1 is 1.16 bits per heavy atom. The zero-order chi connectivity index (χ0) is 22.7. The van der Waals surface area contributed by atoms with Crippen LogP contribution in [0.15, 0.2) is 48.0 Å². The van der Waals surface area contributed by atoms with Crippen molar-refractivity contribution in [1.29, 1.82) is 0 Å². The molecule has 1 aliphatic rings. The minimum Gasteiger partial charge on any atom is -0.384 e. The Hall–Kier alpha value is -3.50. The number of thiazole rings is 1. The van der Waals surface area contributed by atoms with Crippen molar-refractivity contribution in [1.82, 2.24) is 15.3 Å². The molecule has 32 heavy (non-hydrogen) atoms. The van der Waals surface area contributed by atoms with Crippen LogP contribution in [0.3, 0.4) is 0 Å². The average molecular weight is 452 g/mol. The molecule has 0 spiro atoms. The van der Waals surface area contributed by atoms with Crippen molar-refractivity contribution in [3.63, 3.8) is 0 Å². The zero-order valence-electron chi connectivity index (χ0n) is 17.7. The average Bonchev–Trinajstić information content (AvgIpc) is 3.30. The fraction of sp³-hybridized carbons (Fsp3) is 0.273. The third-order valence-electron chi connectivity index (χ3n) is 5.83. The van der Waals surface area contributed by atoms with Gasteiger partial charge in [0.05, 0.1) is 11.4 Å². The molecule has 1 fully saturated rings. The molecule has 0 atom stereocenters. The van der Waals surface area contributed by atoms with E-state index in [2.05, 4.69) is 25.5 Å². The SMILES string of the molecule is CNC1(C(N)=O)CCN(c2ccccc2NC(=O)c2csc(-c3ccc(N)nc3)n2)CC1. The van der Waals surface area contributed by atoms with Gasteiger partial charge in [-0.2, -0.15) is 0 Å². The Morgan fingerprint density at radius 3 is 2.56 bits per heavy atom. The summed E-state index contributed by atoms with van der Waals surface area (Å²) in [5.74, 6) is -0.195. The van der Waals surface area contributed by atoms with Crippen LogP contribution in [0, 0.1) is 0 Å². The maximum absolute atomic E-state index is 12.9. The van der Waals surface area contributed by atoms with Crippen LogP contribution in [-0.2, 0) is 4.79 Å². The number of nitrogens with one attached hydrogen (secondary N) is 2. The quantitative estimate of drug-likeness (QED) is 0.450. The number of benzene rings is 1. The molecule has 10 heteroatoms. The van der Waals surface area contributed by atoms with Crippen LogP contribution in [0.25, 0.3) is 10.6 Å². The second-order valence-electron chi connectivity index (χ2n) is 7.66. The molecule has 0 radical (unpaired) electrons. The number of piperidine rings is 1. The van der Waals surface area contributed by atoms with Crippen LogP contribution >= 0.6 is 11.3 Å². The number of para-hydroxylation sites is 2. The van der Waals surface area contributed by atoms with E-state index in [4.69, 9.17) is 11.5 Å². The number of anilines is 3. The number of amides is 2. The molecule has 0 bridgehead atoms. The summed E-state index contributed by atoms with van der Waals surface area (Å²) in [7, 11) is 1.76. The molecule has 3 heterocycles. The molecule has 9 nitrogen and oxygen atoms in total. The molecule has 0 unspecified atom stereocenters. The highest BCUT2D eigenvalue weighted by molar-refractivity contribution is 7.13. The molecule has 2 amide bonds. The minimum absolute atomic E-state index is 0.290. The lowest BCUT2D eigenvalue weighted by Gasteiger charge is -2.41. The molecule has 1 aromatic carbocycles. The number of nitrogen functional groups attached to an aromatic ring is 1. The summed E-state index contributed by atoms with van der Waals surface area (Å²) in [4.78, 5) is 35.5. The first-order valence-corrected chi connectivity index (χ1v) is 11.1. The summed E-state index contributed by atoms with van der Waals surface area (Å²) in [5.41, 5.74) is 13.3. The first-order valence-electron chi connectivity index (χ1n) is 10.2. The van der Waals surface area contributed by atoms with Crippen molar-refractivity contribution < 1.29 is 9.59 Å². The van der Waals surface area contributed by atoms with E-state index in [1.54, 1.807) is 24.7 Å². The van der Waals surface area contributed by atoms with Gasteiger partial charge in [-0.1, -0.05) is 12.1 Å². The number of carbonyl (C=O) groups excluding carboxylic acids is 2. The lowest BCUT2D eigenvalue weighted by atomic mass is 9.86. The number of pyridine rings is 1. The number of hydrogen-bond donors (Lipinski definition) is 4. The first-order chi connectivity index (χ1) is 15.4. The van der Waals surface area contributed by atoms with Gasteiger partial charge in [0.15, 0.2) is 0 Å². The highest BCUT2D eigenvalue weighted by Gasteiger charge is 2.38. The van der Waals surface area contributed by atoms with Crippen LogP contribution < -0.4 is 27.0 Å². The number of nitrogens with two attached hydrogens (primary N) is 2. The molecule has 0 saturated carbocycles. The van der Waals surface area contributed by atoms with Crippen molar-refractivity contribution >= 4 is 40.3 Å². The Morgan fingerprint density at radius 2 is 1.91 bits per heavy atom. The minimum atomic E-state index is -0.692. The Bertz CT molecular complexity index is 1120. The van der Waals surface area contributed by atoms with Crippen LogP contribution in [0.1, 0.15) is 23.3 Å². The van der Waals surface area contributed by atoms with E-state index in [1.807, 2.05) is 30.3 Å². The number of rotatable bonds is 6. The lowest BCUT2D eigenvalue weighted by molar-refractivity contribution is -0.125. The fourth-order valence-corrected chi connectivity index (χ4v) is 4.62. The van der Waals surface area contributed by atoms with Crippen molar-refractivity contribution in [3.05, 3.63) is 53.7 Å². The van der Waals surface area contributed by atoms with Gasteiger partial charge in [0.2, 0.25) is 5.91 Å². The van der Waals surface area contributed by atoms with Gasteiger partial charge in [0.1, 0.15) is 22.1 Å². The van der Waals surface area contributed by atoms with Crippen molar-refractivity contribution in [2.24, 2.45) is 5.73 Å². The molecule has 2 aromatic heterocycles. The second-order valence-corrected chi connectivity index (χ2v) is 8.52. The fourth-order valence-electron chi connectivity index (χ4n) is 3.83. The van der Waals surface area contributed by atoms with E-state index in [0.717, 1.165) is 11.3 Å². The topological polar surface area (TPSA) is 139 Å². The highest BCUT2D eigenvalue weighted by Crippen LogP contribution is 2.32. The van der Waals surface area contributed by atoms with Gasteiger partial charge in [-0.25, -0.2) is 9.97 Å². The summed E-state index contributed by atoms with van der Waals surface area (Å²) < 4.78 is 0. The third-order valence-corrected chi connectivity index (χ3v) is 6.72. The molecular weight excluding hydrogens is 426 g/mol. The van der Waals surface area contributed by atoms with Crippen molar-refractivity contribution in [2.75, 3.05) is 36.1 Å². The largest absolute Gasteiger partial charge is 0.384 e. The lowest BCUT2D eigenvalue weighted by Crippen LogP contribution is -2.59. The van der Waals surface area contributed by atoms with E-state index >= 15 is 0 Å². The monoisotopic (exact) mass is 451 g/mol. The van der Waals surface area contributed by atoms with Gasteiger partial charge in [-0.05, 0) is 44.2 Å². The Labute approximate surface area is 189 Å². The highest BCUT2D eigenvalue weighted by atomic mass is 32.1. The van der Waals surface area contributed by atoms with Gasteiger partial charge in [-0.15, -0.1) is 11.3 Å². The number of nitrogens with zero attached hydrogens (tertiary/aromatic N) is 3. The zero-order valence-corrected chi connectivity index (χ0v) is 18.5. The molecule has 4 rings (SSSR count). The maximum Gasteiger partial charge on any atom is 0.275 e. The summed E-state index contributed by atoms with van der Waals surface area (Å²) in [5, 5.41) is 8.48. The molecule has 1 aliphatic heterocycles. The van der Waals surface area contributed by atoms with E-state index in [1.165, 1.54) is 11.3 Å². The van der Waals surface area contributed by atoms with E-state index in [0.29, 0.717) is 48.1 Å². The van der Waals surface area contributed by atoms with Crippen molar-refractivity contribution in [2.45, 2.75) is 18.4 Å². The number of primary amides is 1. The number of hydrogen-bond acceptors (Lipinski definition) is 8. The second kappa shape index (κ2) is 8.93. The smallest absolute Gasteiger partial charge is 0.275 e. The van der Waals surface area contributed by atoms with Crippen molar-refractivity contribution in [3.8, 4) is 10.6 Å². The summed E-state index contributed by atoms with van der Waals surface area (Å²) in [6, 6.07) is 11.1.